The van der Waals surface area contributed by atoms with Crippen molar-refractivity contribution in [2.24, 2.45) is 0 Å². The van der Waals surface area contributed by atoms with Gasteiger partial charge in [0.05, 0.1) is 5.56 Å². The van der Waals surface area contributed by atoms with Gasteiger partial charge >= 0.3 is 6.18 Å². The van der Waals surface area contributed by atoms with Crippen molar-refractivity contribution in [2.45, 2.75) is 20.0 Å². The van der Waals surface area contributed by atoms with Crippen molar-refractivity contribution in [3.8, 4) is 0 Å². The van der Waals surface area contributed by atoms with Gasteiger partial charge in [0.15, 0.2) is 0 Å². The maximum Gasteiger partial charge on any atom is 0.416 e. The number of anilines is 2. The Morgan fingerprint density at radius 2 is 1.40 bits per heavy atom. The van der Waals surface area contributed by atoms with E-state index >= 15 is 0 Å². The topological polar surface area (TPSA) is 58.2 Å². The van der Waals surface area contributed by atoms with Gasteiger partial charge in [-0.3, -0.25) is 9.59 Å². The molecule has 30 heavy (non-hydrogen) atoms. The predicted octanol–water partition coefficient (Wildman–Crippen LogP) is 5.83. The zero-order valence-electron chi connectivity index (χ0n) is 16.3. The first-order valence-corrected chi connectivity index (χ1v) is 9.11. The molecular weight excluding hydrogens is 393 g/mol. The molecule has 0 aromatic heterocycles. The lowest BCUT2D eigenvalue weighted by Gasteiger charge is -2.11. The van der Waals surface area contributed by atoms with Crippen LogP contribution in [0.15, 0.2) is 66.7 Å². The molecule has 0 bridgehead atoms. The minimum absolute atomic E-state index is 0.0274. The van der Waals surface area contributed by atoms with E-state index in [-0.39, 0.29) is 17.2 Å². The maximum atomic E-state index is 12.8. The highest BCUT2D eigenvalue weighted by atomic mass is 19.4. The number of hydrogen-bond donors (Lipinski definition) is 2. The number of alkyl halides is 3. The van der Waals surface area contributed by atoms with E-state index in [0.29, 0.717) is 11.3 Å². The lowest BCUT2D eigenvalue weighted by Crippen LogP contribution is -2.16. The van der Waals surface area contributed by atoms with Crippen LogP contribution < -0.4 is 10.6 Å². The number of aryl methyl sites for hydroxylation is 2. The lowest BCUT2D eigenvalue weighted by molar-refractivity contribution is -0.137. The summed E-state index contributed by atoms with van der Waals surface area (Å²) in [5.41, 5.74) is 2.15. The van der Waals surface area contributed by atoms with E-state index in [1.54, 1.807) is 18.2 Å². The molecule has 3 aromatic carbocycles. The molecule has 0 atom stereocenters. The number of amides is 2. The molecule has 2 amide bonds. The molecule has 0 saturated carbocycles. The van der Waals surface area contributed by atoms with E-state index in [2.05, 4.69) is 10.6 Å². The van der Waals surface area contributed by atoms with E-state index in [1.165, 1.54) is 24.3 Å². The Balaban J connectivity index is 1.75. The van der Waals surface area contributed by atoms with Crippen LogP contribution in [0, 0.1) is 13.8 Å². The molecule has 4 nitrogen and oxygen atoms in total. The average molecular weight is 412 g/mol. The normalized spacial score (nSPS) is 11.1. The quantitative estimate of drug-likeness (QED) is 0.567. The van der Waals surface area contributed by atoms with Gasteiger partial charge in [-0.15, -0.1) is 0 Å². The molecule has 2 N–H and O–H groups in total. The molecule has 0 fully saturated rings. The van der Waals surface area contributed by atoms with Crippen molar-refractivity contribution in [3.63, 3.8) is 0 Å². The van der Waals surface area contributed by atoms with Gasteiger partial charge in [0, 0.05) is 22.5 Å². The van der Waals surface area contributed by atoms with Crippen LogP contribution in [0.5, 0.6) is 0 Å². The molecule has 0 spiro atoms. The fourth-order valence-corrected chi connectivity index (χ4v) is 2.98. The summed E-state index contributed by atoms with van der Waals surface area (Å²) in [6.45, 7) is 3.77. The molecule has 7 heteroatoms. The van der Waals surface area contributed by atoms with Crippen LogP contribution >= 0.6 is 0 Å². The number of hydrogen-bond acceptors (Lipinski definition) is 2. The summed E-state index contributed by atoms with van der Waals surface area (Å²) < 4.78 is 38.5. The van der Waals surface area contributed by atoms with E-state index in [0.717, 1.165) is 23.3 Å². The first kappa shape index (κ1) is 21.1. The maximum absolute atomic E-state index is 12.8. The zero-order valence-corrected chi connectivity index (χ0v) is 16.3. The largest absolute Gasteiger partial charge is 0.416 e. The van der Waals surface area contributed by atoms with Crippen LogP contribution in [0.3, 0.4) is 0 Å². The number of carbonyl (C=O) groups is 2. The number of carbonyl (C=O) groups excluding carboxylic acids is 2. The SMILES string of the molecule is Cc1ccc(C(=O)Nc2cccc(C(=O)Nc3cccc(C(F)(F)F)c3)c2)c(C)c1. The molecule has 0 aliphatic rings. The van der Waals surface area contributed by atoms with Crippen LogP contribution in [-0.4, -0.2) is 11.8 Å². The van der Waals surface area contributed by atoms with Gasteiger partial charge in [0.25, 0.3) is 11.8 Å². The van der Waals surface area contributed by atoms with Crippen molar-refractivity contribution < 1.29 is 22.8 Å². The minimum Gasteiger partial charge on any atom is -0.322 e. The summed E-state index contributed by atoms with van der Waals surface area (Å²) in [6.07, 6.45) is -4.50. The van der Waals surface area contributed by atoms with Gasteiger partial charge in [-0.2, -0.15) is 13.2 Å². The van der Waals surface area contributed by atoms with Gasteiger partial charge in [-0.25, -0.2) is 0 Å². The Kier molecular flexibility index (Phi) is 5.91. The van der Waals surface area contributed by atoms with E-state index in [9.17, 15) is 22.8 Å². The molecule has 0 radical (unpaired) electrons. The summed E-state index contributed by atoms with van der Waals surface area (Å²) >= 11 is 0. The smallest absolute Gasteiger partial charge is 0.322 e. The summed E-state index contributed by atoms with van der Waals surface area (Å²) in [4.78, 5) is 25.0. The van der Waals surface area contributed by atoms with Crippen molar-refractivity contribution >= 4 is 23.2 Å². The van der Waals surface area contributed by atoms with Gasteiger partial charge in [0.1, 0.15) is 0 Å². The monoisotopic (exact) mass is 412 g/mol. The fraction of sp³-hybridized carbons (Fsp3) is 0.130. The molecular formula is C23H19F3N2O2. The van der Waals surface area contributed by atoms with Gasteiger partial charge in [-0.05, 0) is 61.9 Å². The summed E-state index contributed by atoms with van der Waals surface area (Å²) in [5, 5.41) is 5.19. The molecule has 3 aromatic rings. The second-order valence-corrected chi connectivity index (χ2v) is 6.89. The Morgan fingerprint density at radius 3 is 2.07 bits per heavy atom. The van der Waals surface area contributed by atoms with Gasteiger partial charge in [-0.1, -0.05) is 29.8 Å². The molecule has 0 aliphatic heterocycles. The molecule has 154 valence electrons. The van der Waals surface area contributed by atoms with E-state index in [1.807, 2.05) is 26.0 Å². The van der Waals surface area contributed by atoms with Crippen molar-refractivity contribution in [1.82, 2.24) is 0 Å². The Bertz CT molecular complexity index is 1110. The minimum atomic E-state index is -4.50. The molecule has 0 heterocycles. The summed E-state index contributed by atoms with van der Waals surface area (Å²) in [6, 6.07) is 16.0. The Hall–Kier alpha value is -3.61. The van der Waals surface area contributed by atoms with Crippen molar-refractivity contribution in [1.29, 1.82) is 0 Å². The van der Waals surface area contributed by atoms with Crippen LogP contribution in [-0.2, 0) is 6.18 Å². The number of nitrogens with one attached hydrogen (secondary N) is 2. The molecule has 3 rings (SSSR count). The fourth-order valence-electron chi connectivity index (χ4n) is 2.98. The third kappa shape index (κ3) is 5.05. The second-order valence-electron chi connectivity index (χ2n) is 6.89. The Labute approximate surface area is 171 Å². The number of halogens is 3. The van der Waals surface area contributed by atoms with Crippen molar-refractivity contribution in [2.75, 3.05) is 10.6 Å². The summed E-state index contributed by atoms with van der Waals surface area (Å²) in [5.74, 6) is -0.903. The second kappa shape index (κ2) is 8.41. The van der Waals surface area contributed by atoms with Gasteiger partial charge < -0.3 is 10.6 Å². The lowest BCUT2D eigenvalue weighted by atomic mass is 10.0. The highest BCUT2D eigenvalue weighted by molar-refractivity contribution is 6.07. The first-order chi connectivity index (χ1) is 14.1. The standard InChI is InChI=1S/C23H19F3N2O2/c1-14-9-10-20(15(2)11-14)22(30)28-18-7-3-5-16(12-18)21(29)27-19-8-4-6-17(13-19)23(24,25)26/h3-13H,1-2H3,(H,27,29)(H,28,30). The van der Waals surface area contributed by atoms with E-state index < -0.39 is 17.6 Å². The highest BCUT2D eigenvalue weighted by Crippen LogP contribution is 2.30. The first-order valence-electron chi connectivity index (χ1n) is 9.11. The number of rotatable bonds is 4. The third-order valence-corrected chi connectivity index (χ3v) is 4.46. The Morgan fingerprint density at radius 1 is 0.767 bits per heavy atom. The highest BCUT2D eigenvalue weighted by Gasteiger charge is 2.30. The summed E-state index contributed by atoms with van der Waals surface area (Å²) in [7, 11) is 0. The molecule has 0 saturated heterocycles. The third-order valence-electron chi connectivity index (χ3n) is 4.46. The van der Waals surface area contributed by atoms with Crippen LogP contribution in [0.25, 0.3) is 0 Å². The molecule has 0 unspecified atom stereocenters. The van der Waals surface area contributed by atoms with Crippen LogP contribution in [0.1, 0.15) is 37.4 Å². The zero-order chi connectivity index (χ0) is 21.9. The van der Waals surface area contributed by atoms with Crippen LogP contribution in [0.4, 0.5) is 24.5 Å². The molecule has 0 aliphatic carbocycles. The number of benzene rings is 3. The average Bonchev–Trinajstić information content (AvgIpc) is 2.67. The van der Waals surface area contributed by atoms with Gasteiger partial charge in [0.2, 0.25) is 0 Å². The van der Waals surface area contributed by atoms with E-state index in [4.69, 9.17) is 0 Å². The van der Waals surface area contributed by atoms with Crippen LogP contribution in [0.2, 0.25) is 0 Å². The van der Waals surface area contributed by atoms with Crippen molar-refractivity contribution in [3.05, 3.63) is 94.5 Å². The predicted molar refractivity (Wildman–Crippen MR) is 110 cm³/mol.